The van der Waals surface area contributed by atoms with Gasteiger partial charge in [-0.3, -0.25) is 0 Å². The molecule has 0 spiro atoms. The van der Waals surface area contributed by atoms with E-state index in [2.05, 4.69) is 46.5 Å². The Hall–Kier alpha value is -2.01. The fourth-order valence-electron chi connectivity index (χ4n) is 1.77. The molecule has 2 rings (SSSR count). The maximum absolute atomic E-state index is 5.53. The maximum Gasteiger partial charge on any atom is 0.223 e. The summed E-state index contributed by atoms with van der Waals surface area (Å²) in [5.74, 6) is 0.554. The molecular formula is C14H16N4S. The molecule has 0 bridgehead atoms. The lowest BCUT2D eigenvalue weighted by Gasteiger charge is -2.06. The lowest BCUT2D eigenvalue weighted by atomic mass is 10.1. The van der Waals surface area contributed by atoms with Gasteiger partial charge in [0.1, 0.15) is 10.7 Å². The van der Waals surface area contributed by atoms with E-state index in [9.17, 15) is 0 Å². The maximum atomic E-state index is 5.53. The number of hydrogen-bond donors (Lipinski definition) is 2. The highest BCUT2D eigenvalue weighted by Gasteiger charge is 2.01. The van der Waals surface area contributed by atoms with E-state index in [0.29, 0.717) is 11.6 Å². The Balaban J connectivity index is 1.92. The van der Waals surface area contributed by atoms with E-state index in [1.165, 1.54) is 11.1 Å². The molecule has 0 fully saturated rings. The minimum atomic E-state index is 0.282. The first kappa shape index (κ1) is 13.4. The van der Waals surface area contributed by atoms with Crippen LogP contribution in [0.15, 0.2) is 36.5 Å². The molecule has 98 valence electrons. The first-order chi connectivity index (χ1) is 9.15. The van der Waals surface area contributed by atoms with Crippen LogP contribution < -0.4 is 11.1 Å². The van der Waals surface area contributed by atoms with Crippen LogP contribution in [0.25, 0.3) is 0 Å². The summed E-state index contributed by atoms with van der Waals surface area (Å²) in [7, 11) is 0. The topological polar surface area (TPSA) is 63.8 Å². The average Bonchev–Trinajstić information content (AvgIpc) is 2.39. The largest absolute Gasteiger partial charge is 0.388 e. The Morgan fingerprint density at radius 3 is 2.95 bits per heavy atom. The number of aryl methyl sites for hydroxylation is 1. The van der Waals surface area contributed by atoms with Crippen molar-refractivity contribution in [3.8, 4) is 0 Å². The molecule has 1 heterocycles. The molecule has 2 aromatic rings. The monoisotopic (exact) mass is 272 g/mol. The van der Waals surface area contributed by atoms with Crippen LogP contribution in [0.1, 0.15) is 16.8 Å². The van der Waals surface area contributed by atoms with E-state index >= 15 is 0 Å². The van der Waals surface area contributed by atoms with Crippen molar-refractivity contribution in [2.24, 2.45) is 5.73 Å². The van der Waals surface area contributed by atoms with Gasteiger partial charge < -0.3 is 11.1 Å². The van der Waals surface area contributed by atoms with Gasteiger partial charge in [0.2, 0.25) is 5.95 Å². The van der Waals surface area contributed by atoms with Crippen LogP contribution in [0.2, 0.25) is 0 Å². The summed E-state index contributed by atoms with van der Waals surface area (Å²) in [4.78, 5) is 8.65. The minimum absolute atomic E-state index is 0.282. The number of rotatable bonds is 5. The zero-order valence-corrected chi connectivity index (χ0v) is 11.6. The van der Waals surface area contributed by atoms with Crippen molar-refractivity contribution in [2.75, 3.05) is 11.9 Å². The minimum Gasteiger partial charge on any atom is -0.388 e. The molecule has 19 heavy (non-hydrogen) atoms. The van der Waals surface area contributed by atoms with E-state index in [1.807, 2.05) is 0 Å². The molecule has 5 heteroatoms. The van der Waals surface area contributed by atoms with Crippen LogP contribution in [-0.4, -0.2) is 21.5 Å². The molecular weight excluding hydrogens is 256 g/mol. The van der Waals surface area contributed by atoms with Crippen LogP contribution in [0.5, 0.6) is 0 Å². The number of hydrogen-bond acceptors (Lipinski definition) is 4. The van der Waals surface area contributed by atoms with Crippen molar-refractivity contribution in [3.05, 3.63) is 53.3 Å². The summed E-state index contributed by atoms with van der Waals surface area (Å²) in [6.07, 6.45) is 2.57. The second-order valence-corrected chi connectivity index (χ2v) is 4.74. The smallest absolute Gasteiger partial charge is 0.223 e. The molecule has 3 N–H and O–H groups in total. The van der Waals surface area contributed by atoms with Gasteiger partial charge in [-0.05, 0) is 25.0 Å². The summed E-state index contributed by atoms with van der Waals surface area (Å²) in [5, 5.41) is 3.17. The van der Waals surface area contributed by atoms with E-state index in [0.717, 1.165) is 13.0 Å². The molecule has 0 radical (unpaired) electrons. The van der Waals surface area contributed by atoms with Crippen molar-refractivity contribution in [1.82, 2.24) is 9.97 Å². The molecule has 0 amide bonds. The van der Waals surface area contributed by atoms with Gasteiger partial charge in [0, 0.05) is 12.7 Å². The van der Waals surface area contributed by atoms with E-state index < -0.39 is 0 Å². The summed E-state index contributed by atoms with van der Waals surface area (Å²) >= 11 is 4.88. The highest BCUT2D eigenvalue weighted by molar-refractivity contribution is 7.80. The standard InChI is InChI=1S/C14H16N4S/c1-10-3-2-4-11(9-10)5-7-16-14-17-8-6-12(18-14)13(15)19/h2-4,6,8-9H,5,7H2,1H3,(H2,15,19)(H,16,17,18). The number of thiocarbonyl (C=S) groups is 1. The van der Waals surface area contributed by atoms with Crippen LogP contribution in [0.4, 0.5) is 5.95 Å². The number of aromatic nitrogens is 2. The third-order valence-electron chi connectivity index (χ3n) is 2.69. The summed E-state index contributed by atoms with van der Waals surface area (Å²) in [5.41, 5.74) is 8.68. The van der Waals surface area contributed by atoms with E-state index in [-0.39, 0.29) is 4.99 Å². The number of anilines is 1. The molecule has 0 saturated carbocycles. The van der Waals surface area contributed by atoms with Gasteiger partial charge in [-0.2, -0.15) is 0 Å². The van der Waals surface area contributed by atoms with Gasteiger partial charge in [0.15, 0.2) is 0 Å². The Bertz CT molecular complexity index is 583. The zero-order chi connectivity index (χ0) is 13.7. The lowest BCUT2D eigenvalue weighted by molar-refractivity contribution is 0.980. The number of benzene rings is 1. The molecule has 0 aliphatic heterocycles. The Kier molecular flexibility index (Phi) is 4.41. The quantitative estimate of drug-likeness (QED) is 0.816. The lowest BCUT2D eigenvalue weighted by Crippen LogP contribution is -2.14. The Morgan fingerprint density at radius 1 is 1.37 bits per heavy atom. The summed E-state index contributed by atoms with van der Waals surface area (Å²) < 4.78 is 0. The van der Waals surface area contributed by atoms with Crippen molar-refractivity contribution < 1.29 is 0 Å². The average molecular weight is 272 g/mol. The molecule has 1 aromatic heterocycles. The SMILES string of the molecule is Cc1cccc(CCNc2nccc(C(N)=S)n2)c1. The van der Waals surface area contributed by atoms with Gasteiger partial charge in [-0.1, -0.05) is 42.0 Å². The number of nitrogens with two attached hydrogens (primary N) is 1. The predicted octanol–water partition coefficient (Wildman–Crippen LogP) is 2.07. The summed E-state index contributed by atoms with van der Waals surface area (Å²) in [6.45, 7) is 2.86. The third-order valence-corrected chi connectivity index (χ3v) is 2.90. The highest BCUT2D eigenvalue weighted by Crippen LogP contribution is 2.05. The van der Waals surface area contributed by atoms with Crippen LogP contribution in [-0.2, 0) is 6.42 Å². The predicted molar refractivity (Wildman–Crippen MR) is 81.3 cm³/mol. The van der Waals surface area contributed by atoms with Gasteiger partial charge in [0.05, 0.1) is 0 Å². The van der Waals surface area contributed by atoms with Gasteiger partial charge >= 0.3 is 0 Å². The van der Waals surface area contributed by atoms with Crippen LogP contribution in [0, 0.1) is 6.92 Å². The van der Waals surface area contributed by atoms with Gasteiger partial charge in [0.25, 0.3) is 0 Å². The van der Waals surface area contributed by atoms with Crippen molar-refractivity contribution in [1.29, 1.82) is 0 Å². The fraction of sp³-hybridized carbons (Fsp3) is 0.214. The highest BCUT2D eigenvalue weighted by atomic mass is 32.1. The molecule has 1 aromatic carbocycles. The van der Waals surface area contributed by atoms with Gasteiger partial charge in [-0.25, -0.2) is 9.97 Å². The molecule has 0 saturated heterocycles. The zero-order valence-electron chi connectivity index (χ0n) is 10.8. The second-order valence-electron chi connectivity index (χ2n) is 4.30. The fourth-order valence-corrected chi connectivity index (χ4v) is 1.88. The Morgan fingerprint density at radius 2 is 2.21 bits per heavy atom. The Labute approximate surface area is 118 Å². The first-order valence-corrected chi connectivity index (χ1v) is 6.48. The number of nitrogens with zero attached hydrogens (tertiary/aromatic N) is 2. The normalized spacial score (nSPS) is 10.2. The molecule has 0 atom stereocenters. The van der Waals surface area contributed by atoms with Crippen LogP contribution in [0.3, 0.4) is 0 Å². The van der Waals surface area contributed by atoms with Crippen molar-refractivity contribution >= 4 is 23.2 Å². The molecule has 0 aliphatic carbocycles. The molecule has 4 nitrogen and oxygen atoms in total. The van der Waals surface area contributed by atoms with Gasteiger partial charge in [-0.15, -0.1) is 0 Å². The van der Waals surface area contributed by atoms with Crippen molar-refractivity contribution in [2.45, 2.75) is 13.3 Å². The van der Waals surface area contributed by atoms with Crippen LogP contribution >= 0.6 is 12.2 Å². The van der Waals surface area contributed by atoms with E-state index in [4.69, 9.17) is 18.0 Å². The second kappa shape index (κ2) is 6.24. The third kappa shape index (κ3) is 3.99. The summed E-state index contributed by atoms with van der Waals surface area (Å²) in [6, 6.07) is 10.1. The molecule has 0 aliphatic rings. The van der Waals surface area contributed by atoms with Crippen molar-refractivity contribution in [3.63, 3.8) is 0 Å². The molecule has 0 unspecified atom stereocenters. The van der Waals surface area contributed by atoms with E-state index in [1.54, 1.807) is 12.3 Å². The number of nitrogens with one attached hydrogen (secondary N) is 1. The first-order valence-electron chi connectivity index (χ1n) is 6.07.